The molecule has 0 saturated carbocycles. The SMILES string of the molecule is CCCCCCCCCCCCCCCCCCC(=O)OC[C@@H](COC(=O)CCCCCCCCCCCCCCCCCCC(C)C)OC(=O)CCCCCCCCCCCCCCCC(C)C. The number of hydrogen-bond donors (Lipinski definition) is 0. The van der Waals surface area contributed by atoms with Crippen LogP contribution in [-0.2, 0) is 28.6 Å². The molecule has 0 spiro atoms. The van der Waals surface area contributed by atoms with E-state index in [9.17, 15) is 14.4 Å². The summed E-state index contributed by atoms with van der Waals surface area (Å²) in [5.41, 5.74) is 0. The van der Waals surface area contributed by atoms with Crippen LogP contribution >= 0.6 is 0 Å². The van der Waals surface area contributed by atoms with Gasteiger partial charge >= 0.3 is 17.9 Å². The summed E-state index contributed by atoms with van der Waals surface area (Å²) in [6.45, 7) is 11.4. The normalized spacial score (nSPS) is 12.0. The van der Waals surface area contributed by atoms with Crippen molar-refractivity contribution in [1.82, 2.24) is 0 Å². The molecule has 410 valence electrons. The van der Waals surface area contributed by atoms with Gasteiger partial charge in [0.25, 0.3) is 0 Å². The lowest BCUT2D eigenvalue weighted by atomic mass is 10.0. The predicted molar refractivity (Wildman–Crippen MR) is 298 cm³/mol. The standard InChI is InChI=1S/C63H122O6/c1-6-7-8-9-10-11-12-13-14-18-23-28-33-38-43-48-53-61(64)67-56-60(69-63(66)55-50-45-40-35-30-25-20-22-27-32-37-42-47-52-59(4)5)57-68-62(65)54-49-44-39-34-29-24-19-16-15-17-21-26-31-36-41-46-51-58(2)3/h58-60H,6-57H2,1-5H3/t60-/m0/s1. The molecule has 0 amide bonds. The van der Waals surface area contributed by atoms with Crippen LogP contribution in [0.3, 0.4) is 0 Å². The summed E-state index contributed by atoms with van der Waals surface area (Å²) in [4.78, 5) is 38.3. The van der Waals surface area contributed by atoms with E-state index in [0.29, 0.717) is 19.3 Å². The molecule has 0 radical (unpaired) electrons. The van der Waals surface area contributed by atoms with Crippen molar-refractivity contribution in [1.29, 1.82) is 0 Å². The van der Waals surface area contributed by atoms with E-state index >= 15 is 0 Å². The average Bonchev–Trinajstić information content (AvgIpc) is 3.32. The molecule has 0 heterocycles. The highest BCUT2D eigenvalue weighted by molar-refractivity contribution is 5.71. The molecule has 0 aromatic carbocycles. The van der Waals surface area contributed by atoms with E-state index in [1.54, 1.807) is 0 Å². The van der Waals surface area contributed by atoms with E-state index in [4.69, 9.17) is 14.2 Å². The minimum Gasteiger partial charge on any atom is -0.462 e. The Balaban J connectivity index is 4.28. The van der Waals surface area contributed by atoms with Crippen LogP contribution in [0.25, 0.3) is 0 Å². The van der Waals surface area contributed by atoms with E-state index in [2.05, 4.69) is 34.6 Å². The maximum Gasteiger partial charge on any atom is 0.306 e. The van der Waals surface area contributed by atoms with Gasteiger partial charge in [-0.1, -0.05) is 317 Å². The Kier molecular flexibility index (Phi) is 54.4. The third-order valence-corrected chi connectivity index (χ3v) is 14.5. The topological polar surface area (TPSA) is 78.9 Å². The predicted octanol–water partition coefficient (Wildman–Crippen LogP) is 20.8. The van der Waals surface area contributed by atoms with Crippen LogP contribution in [0.1, 0.15) is 356 Å². The van der Waals surface area contributed by atoms with Gasteiger partial charge in [0.2, 0.25) is 0 Å². The molecule has 0 unspecified atom stereocenters. The molecule has 0 bridgehead atoms. The maximum atomic E-state index is 12.9. The highest BCUT2D eigenvalue weighted by Gasteiger charge is 2.19. The zero-order valence-electron chi connectivity index (χ0n) is 47.5. The Labute approximate surface area is 431 Å². The van der Waals surface area contributed by atoms with Crippen molar-refractivity contribution in [2.24, 2.45) is 11.8 Å². The van der Waals surface area contributed by atoms with Crippen molar-refractivity contribution in [3.8, 4) is 0 Å². The van der Waals surface area contributed by atoms with Crippen molar-refractivity contribution in [2.45, 2.75) is 362 Å². The van der Waals surface area contributed by atoms with Crippen LogP contribution in [-0.4, -0.2) is 37.2 Å². The first-order valence-electron chi connectivity index (χ1n) is 31.2. The van der Waals surface area contributed by atoms with E-state index in [1.165, 1.54) is 244 Å². The summed E-state index contributed by atoms with van der Waals surface area (Å²) in [6.07, 6.45) is 61.0. The molecule has 0 N–H and O–H groups in total. The fourth-order valence-electron chi connectivity index (χ4n) is 9.76. The van der Waals surface area contributed by atoms with Gasteiger partial charge < -0.3 is 14.2 Å². The number of ether oxygens (including phenoxy) is 3. The van der Waals surface area contributed by atoms with Crippen molar-refractivity contribution in [3.63, 3.8) is 0 Å². The Morgan fingerprint density at radius 3 is 0.710 bits per heavy atom. The minimum absolute atomic E-state index is 0.0620. The second kappa shape index (κ2) is 55.7. The second-order valence-electron chi connectivity index (χ2n) is 22.6. The van der Waals surface area contributed by atoms with E-state index in [0.717, 1.165) is 69.6 Å². The lowest BCUT2D eigenvalue weighted by Crippen LogP contribution is -2.30. The van der Waals surface area contributed by atoms with Crippen LogP contribution < -0.4 is 0 Å². The van der Waals surface area contributed by atoms with Crippen molar-refractivity contribution in [2.75, 3.05) is 13.2 Å². The summed E-state index contributed by atoms with van der Waals surface area (Å²) < 4.78 is 16.9. The van der Waals surface area contributed by atoms with Crippen LogP contribution in [0.4, 0.5) is 0 Å². The van der Waals surface area contributed by atoms with Gasteiger partial charge in [-0.25, -0.2) is 0 Å². The zero-order valence-corrected chi connectivity index (χ0v) is 47.5. The lowest BCUT2D eigenvalue weighted by molar-refractivity contribution is -0.167. The second-order valence-corrected chi connectivity index (χ2v) is 22.6. The van der Waals surface area contributed by atoms with Crippen LogP contribution in [0.5, 0.6) is 0 Å². The van der Waals surface area contributed by atoms with Gasteiger partial charge in [0.1, 0.15) is 13.2 Å². The Bertz CT molecular complexity index is 1060. The van der Waals surface area contributed by atoms with Gasteiger partial charge in [-0.05, 0) is 31.1 Å². The molecule has 6 heteroatoms. The summed E-state index contributed by atoms with van der Waals surface area (Å²) >= 11 is 0. The first kappa shape index (κ1) is 67.4. The quantitative estimate of drug-likeness (QED) is 0.0343. The fourth-order valence-corrected chi connectivity index (χ4v) is 9.76. The number of unbranched alkanes of at least 4 members (excludes halogenated alkanes) is 42. The maximum absolute atomic E-state index is 12.9. The number of esters is 3. The smallest absolute Gasteiger partial charge is 0.306 e. The summed E-state index contributed by atoms with van der Waals surface area (Å²) in [6, 6.07) is 0. The fraction of sp³-hybridized carbons (Fsp3) is 0.952. The molecule has 0 aromatic heterocycles. The van der Waals surface area contributed by atoms with Gasteiger partial charge in [0.15, 0.2) is 6.10 Å². The highest BCUT2D eigenvalue weighted by atomic mass is 16.6. The molecule has 0 aliphatic heterocycles. The molecule has 0 aliphatic rings. The molecule has 0 aromatic rings. The third kappa shape index (κ3) is 57.2. The molecular formula is C63H122O6. The first-order chi connectivity index (χ1) is 33.7. The Hall–Kier alpha value is -1.59. The molecule has 69 heavy (non-hydrogen) atoms. The molecule has 6 nitrogen and oxygen atoms in total. The Morgan fingerprint density at radius 2 is 0.478 bits per heavy atom. The van der Waals surface area contributed by atoms with E-state index in [-0.39, 0.29) is 31.1 Å². The number of carbonyl (C=O) groups is 3. The van der Waals surface area contributed by atoms with Crippen LogP contribution in [0, 0.1) is 11.8 Å². The molecule has 0 aliphatic carbocycles. The molecule has 1 atom stereocenters. The van der Waals surface area contributed by atoms with Gasteiger partial charge in [0.05, 0.1) is 0 Å². The number of hydrogen-bond acceptors (Lipinski definition) is 6. The monoisotopic (exact) mass is 975 g/mol. The van der Waals surface area contributed by atoms with Gasteiger partial charge in [-0.2, -0.15) is 0 Å². The van der Waals surface area contributed by atoms with Crippen LogP contribution in [0.15, 0.2) is 0 Å². The zero-order chi connectivity index (χ0) is 50.4. The third-order valence-electron chi connectivity index (χ3n) is 14.5. The molecule has 0 rings (SSSR count). The minimum atomic E-state index is -0.763. The van der Waals surface area contributed by atoms with Crippen molar-refractivity contribution in [3.05, 3.63) is 0 Å². The van der Waals surface area contributed by atoms with Crippen LogP contribution in [0.2, 0.25) is 0 Å². The van der Waals surface area contributed by atoms with Crippen molar-refractivity contribution < 1.29 is 28.6 Å². The van der Waals surface area contributed by atoms with E-state index < -0.39 is 6.10 Å². The first-order valence-corrected chi connectivity index (χ1v) is 31.2. The van der Waals surface area contributed by atoms with Crippen molar-refractivity contribution >= 4 is 17.9 Å². The molecule has 0 fully saturated rings. The van der Waals surface area contributed by atoms with E-state index in [1.807, 2.05) is 0 Å². The Morgan fingerprint density at radius 1 is 0.275 bits per heavy atom. The molecule has 0 saturated heterocycles. The average molecular weight is 976 g/mol. The molecular weight excluding hydrogens is 853 g/mol. The number of carbonyl (C=O) groups excluding carboxylic acids is 3. The summed E-state index contributed by atoms with van der Waals surface area (Å²) in [5.74, 6) is 0.858. The highest BCUT2D eigenvalue weighted by Crippen LogP contribution is 2.19. The summed E-state index contributed by atoms with van der Waals surface area (Å²) in [5, 5.41) is 0. The lowest BCUT2D eigenvalue weighted by Gasteiger charge is -2.18. The largest absolute Gasteiger partial charge is 0.462 e. The van der Waals surface area contributed by atoms with Gasteiger partial charge in [-0.15, -0.1) is 0 Å². The number of rotatable bonds is 57. The summed E-state index contributed by atoms with van der Waals surface area (Å²) in [7, 11) is 0. The van der Waals surface area contributed by atoms with Gasteiger partial charge in [0, 0.05) is 19.3 Å². The van der Waals surface area contributed by atoms with Gasteiger partial charge in [-0.3, -0.25) is 14.4 Å².